The van der Waals surface area contributed by atoms with Gasteiger partial charge in [0.15, 0.2) is 11.6 Å². The van der Waals surface area contributed by atoms with Crippen molar-refractivity contribution in [1.29, 1.82) is 5.41 Å². The molecule has 6 heteroatoms. The van der Waals surface area contributed by atoms with E-state index in [1.807, 2.05) is 24.3 Å². The lowest BCUT2D eigenvalue weighted by Crippen LogP contribution is -2.36. The van der Waals surface area contributed by atoms with Gasteiger partial charge in [-0.3, -0.25) is 0 Å². The number of morpholine rings is 1. The topological polar surface area (TPSA) is 62.1 Å². The molecule has 1 aliphatic heterocycles. The molecule has 1 aromatic carbocycles. The van der Waals surface area contributed by atoms with E-state index < -0.39 is 0 Å². The molecule has 1 fully saturated rings. The predicted octanol–water partition coefficient (Wildman–Crippen LogP) is 3.50. The van der Waals surface area contributed by atoms with Gasteiger partial charge in [0.2, 0.25) is 0 Å². The number of fused-ring (bicyclic) bond motifs is 1. The summed E-state index contributed by atoms with van der Waals surface area (Å²) in [6.07, 6.45) is 1.36. The van der Waals surface area contributed by atoms with Crippen LogP contribution < -0.4 is 4.90 Å². The monoisotopic (exact) mass is 338 g/mol. The molecule has 1 saturated heterocycles. The van der Waals surface area contributed by atoms with Crippen molar-refractivity contribution in [1.82, 2.24) is 9.97 Å². The second-order valence-electron chi connectivity index (χ2n) is 5.77. The molecular weight excluding hydrogens is 320 g/mol. The summed E-state index contributed by atoms with van der Waals surface area (Å²) in [6, 6.07) is 9.90. The van der Waals surface area contributed by atoms with Crippen LogP contribution >= 0.6 is 11.3 Å². The third kappa shape index (κ3) is 2.68. The Hall–Kier alpha value is -2.31. The van der Waals surface area contributed by atoms with Gasteiger partial charge in [0.05, 0.1) is 23.4 Å². The van der Waals surface area contributed by atoms with E-state index in [4.69, 9.17) is 20.1 Å². The first-order valence-electron chi connectivity index (χ1n) is 7.97. The molecular formula is C18H18N4OS. The number of nitrogens with zero attached hydrogens (tertiary/aromatic N) is 3. The van der Waals surface area contributed by atoms with E-state index in [9.17, 15) is 0 Å². The molecule has 0 aliphatic carbocycles. The number of hydrogen-bond acceptors (Lipinski definition) is 6. The Bertz CT molecular complexity index is 899. The maximum absolute atomic E-state index is 7.64. The van der Waals surface area contributed by atoms with E-state index in [0.717, 1.165) is 53.5 Å². The summed E-state index contributed by atoms with van der Waals surface area (Å²) in [5.41, 5.74) is 2.70. The van der Waals surface area contributed by atoms with Gasteiger partial charge in [0.25, 0.3) is 0 Å². The lowest BCUT2D eigenvalue weighted by atomic mass is 10.1. The largest absolute Gasteiger partial charge is 0.378 e. The molecule has 24 heavy (non-hydrogen) atoms. The van der Waals surface area contributed by atoms with E-state index in [1.54, 1.807) is 11.3 Å². The molecule has 3 aromatic rings. The van der Waals surface area contributed by atoms with Gasteiger partial charge in [-0.2, -0.15) is 0 Å². The quantitative estimate of drug-likeness (QED) is 0.743. The summed E-state index contributed by atoms with van der Waals surface area (Å²) < 4.78 is 6.61. The van der Waals surface area contributed by atoms with Crippen molar-refractivity contribution in [2.75, 3.05) is 31.2 Å². The van der Waals surface area contributed by atoms with Crippen LogP contribution in [0.25, 0.3) is 21.6 Å². The highest BCUT2D eigenvalue weighted by atomic mass is 32.1. The van der Waals surface area contributed by atoms with Crippen LogP contribution in [0.3, 0.4) is 0 Å². The SMILES string of the molecule is Cc1cc2nc(-c3ccccc3C=N)nc(N3CCOCC3)c2s1. The number of aromatic nitrogens is 2. The molecule has 5 nitrogen and oxygen atoms in total. The summed E-state index contributed by atoms with van der Waals surface area (Å²) in [6.45, 7) is 5.23. The minimum atomic E-state index is 0.681. The Balaban J connectivity index is 1.92. The van der Waals surface area contributed by atoms with Crippen molar-refractivity contribution in [2.24, 2.45) is 0 Å². The van der Waals surface area contributed by atoms with E-state index in [0.29, 0.717) is 5.82 Å². The number of rotatable bonds is 3. The molecule has 1 aliphatic rings. The number of hydrogen-bond donors (Lipinski definition) is 1. The second kappa shape index (κ2) is 6.30. The van der Waals surface area contributed by atoms with Crippen LogP contribution in [0.4, 0.5) is 5.82 Å². The Morgan fingerprint density at radius 3 is 2.79 bits per heavy atom. The van der Waals surface area contributed by atoms with Crippen LogP contribution in [-0.2, 0) is 4.74 Å². The Labute approximate surface area is 144 Å². The van der Waals surface area contributed by atoms with Gasteiger partial charge in [0.1, 0.15) is 0 Å². The van der Waals surface area contributed by atoms with Crippen LogP contribution in [0, 0.1) is 12.3 Å². The molecule has 122 valence electrons. The maximum Gasteiger partial charge on any atom is 0.162 e. The minimum absolute atomic E-state index is 0.681. The highest BCUT2D eigenvalue weighted by molar-refractivity contribution is 7.19. The van der Waals surface area contributed by atoms with Gasteiger partial charge >= 0.3 is 0 Å². The first kappa shape index (κ1) is 15.2. The van der Waals surface area contributed by atoms with Crippen LogP contribution in [-0.4, -0.2) is 42.5 Å². The van der Waals surface area contributed by atoms with Gasteiger partial charge in [-0.25, -0.2) is 9.97 Å². The summed E-state index contributed by atoms with van der Waals surface area (Å²) in [7, 11) is 0. The van der Waals surface area contributed by atoms with Crippen molar-refractivity contribution in [3.63, 3.8) is 0 Å². The van der Waals surface area contributed by atoms with Gasteiger partial charge < -0.3 is 15.0 Å². The second-order valence-corrected chi connectivity index (χ2v) is 7.03. The van der Waals surface area contributed by atoms with Crippen LogP contribution in [0.15, 0.2) is 30.3 Å². The highest BCUT2D eigenvalue weighted by Gasteiger charge is 2.20. The molecule has 0 amide bonds. The molecule has 1 N–H and O–H groups in total. The lowest BCUT2D eigenvalue weighted by molar-refractivity contribution is 0.122. The number of nitrogens with one attached hydrogen (secondary N) is 1. The first-order valence-corrected chi connectivity index (χ1v) is 8.78. The fourth-order valence-corrected chi connectivity index (χ4v) is 3.94. The van der Waals surface area contributed by atoms with E-state index in [-0.39, 0.29) is 0 Å². The third-order valence-corrected chi connectivity index (χ3v) is 5.18. The molecule has 2 aromatic heterocycles. The van der Waals surface area contributed by atoms with E-state index >= 15 is 0 Å². The van der Waals surface area contributed by atoms with Gasteiger partial charge in [-0.15, -0.1) is 11.3 Å². The Kier molecular flexibility index (Phi) is 4.00. The molecule has 0 unspecified atom stereocenters. The Morgan fingerprint density at radius 1 is 1.21 bits per heavy atom. The van der Waals surface area contributed by atoms with Crippen molar-refractivity contribution < 1.29 is 4.74 Å². The van der Waals surface area contributed by atoms with Crippen LogP contribution in [0.5, 0.6) is 0 Å². The average Bonchev–Trinajstić information content (AvgIpc) is 3.01. The minimum Gasteiger partial charge on any atom is -0.378 e. The standard InChI is InChI=1S/C18H18N4OS/c1-12-10-15-16(24-12)18(22-6-8-23-9-7-22)21-17(20-15)14-5-3-2-4-13(14)11-19/h2-5,10-11,19H,6-9H2,1H3. The smallest absolute Gasteiger partial charge is 0.162 e. The average molecular weight is 338 g/mol. The molecule has 0 radical (unpaired) electrons. The summed E-state index contributed by atoms with van der Waals surface area (Å²) in [5.74, 6) is 1.66. The molecule has 0 spiro atoms. The van der Waals surface area contributed by atoms with Crippen molar-refractivity contribution in [2.45, 2.75) is 6.92 Å². The van der Waals surface area contributed by atoms with Crippen LogP contribution in [0.2, 0.25) is 0 Å². The van der Waals surface area contributed by atoms with Crippen LogP contribution in [0.1, 0.15) is 10.4 Å². The third-order valence-electron chi connectivity index (χ3n) is 4.14. The zero-order chi connectivity index (χ0) is 16.5. The van der Waals surface area contributed by atoms with Crippen molar-refractivity contribution in [3.8, 4) is 11.4 Å². The number of anilines is 1. The molecule has 3 heterocycles. The van der Waals surface area contributed by atoms with E-state index in [1.165, 1.54) is 11.1 Å². The predicted molar refractivity (Wildman–Crippen MR) is 98.5 cm³/mol. The molecule has 4 rings (SSSR count). The zero-order valence-corrected chi connectivity index (χ0v) is 14.3. The number of benzene rings is 1. The summed E-state index contributed by atoms with van der Waals surface area (Å²) in [5, 5.41) is 7.64. The van der Waals surface area contributed by atoms with E-state index in [2.05, 4.69) is 17.9 Å². The number of aryl methyl sites for hydroxylation is 1. The highest BCUT2D eigenvalue weighted by Crippen LogP contribution is 2.34. The Morgan fingerprint density at radius 2 is 2.00 bits per heavy atom. The molecule has 0 atom stereocenters. The van der Waals surface area contributed by atoms with Gasteiger partial charge in [-0.1, -0.05) is 24.3 Å². The maximum atomic E-state index is 7.64. The van der Waals surface area contributed by atoms with Crippen molar-refractivity contribution in [3.05, 3.63) is 40.8 Å². The number of ether oxygens (including phenoxy) is 1. The lowest BCUT2D eigenvalue weighted by Gasteiger charge is -2.28. The number of thiophene rings is 1. The van der Waals surface area contributed by atoms with Crippen molar-refractivity contribution >= 4 is 33.6 Å². The summed E-state index contributed by atoms with van der Waals surface area (Å²) >= 11 is 1.73. The molecule has 0 saturated carbocycles. The zero-order valence-electron chi connectivity index (χ0n) is 13.5. The fraction of sp³-hybridized carbons (Fsp3) is 0.278. The van der Waals surface area contributed by atoms with Gasteiger partial charge in [0, 0.05) is 35.3 Å². The summed E-state index contributed by atoms with van der Waals surface area (Å²) in [4.78, 5) is 13.2. The normalized spacial score (nSPS) is 15.0. The molecule has 0 bridgehead atoms. The fourth-order valence-electron chi connectivity index (χ4n) is 2.97. The van der Waals surface area contributed by atoms with Gasteiger partial charge in [-0.05, 0) is 13.0 Å². The first-order chi connectivity index (χ1) is 11.8.